The molecule has 0 aliphatic heterocycles. The second-order valence-electron chi connectivity index (χ2n) is 7.06. The Balaban J connectivity index is 1.62. The predicted octanol–water partition coefficient (Wildman–Crippen LogP) is 4.59. The number of para-hydroxylation sites is 1. The second-order valence-corrected chi connectivity index (χ2v) is 8.04. The van der Waals surface area contributed by atoms with Crippen molar-refractivity contribution in [1.29, 1.82) is 0 Å². The molecule has 1 heterocycles. The summed E-state index contributed by atoms with van der Waals surface area (Å²) >= 11 is 1.50. The van der Waals surface area contributed by atoms with E-state index in [4.69, 9.17) is 4.74 Å². The van der Waals surface area contributed by atoms with Gasteiger partial charge in [-0.25, -0.2) is 0 Å². The number of carbonyl (C=O) groups excluding carboxylic acids is 2. The number of amides is 2. The molecule has 2 amide bonds. The lowest BCUT2D eigenvalue weighted by Gasteiger charge is -2.12. The number of nitrogens with one attached hydrogen (secondary N) is 2. The summed E-state index contributed by atoms with van der Waals surface area (Å²) in [6, 6.07) is 18.9. The van der Waals surface area contributed by atoms with E-state index >= 15 is 0 Å². The van der Waals surface area contributed by atoms with E-state index in [1.165, 1.54) is 11.3 Å². The highest BCUT2D eigenvalue weighted by molar-refractivity contribution is 7.10. The molecule has 0 saturated heterocycles. The summed E-state index contributed by atoms with van der Waals surface area (Å²) in [6.45, 7) is 2.45. The van der Waals surface area contributed by atoms with Gasteiger partial charge >= 0.3 is 0 Å². The monoisotopic (exact) mass is 434 g/mol. The summed E-state index contributed by atoms with van der Waals surface area (Å²) in [5, 5.41) is 7.60. The predicted molar refractivity (Wildman–Crippen MR) is 125 cm³/mol. The third-order valence-electron chi connectivity index (χ3n) is 4.74. The van der Waals surface area contributed by atoms with Gasteiger partial charge in [0, 0.05) is 17.0 Å². The summed E-state index contributed by atoms with van der Waals surface area (Å²) < 4.78 is 5.37. The van der Waals surface area contributed by atoms with E-state index in [2.05, 4.69) is 10.6 Å². The third kappa shape index (κ3) is 6.55. The average molecular weight is 435 g/mol. The van der Waals surface area contributed by atoms with E-state index in [0.717, 1.165) is 34.6 Å². The SMILES string of the molecule is COc1ccccc1CCCNC(=O)/C(=C/c1cccs1)NC(=O)c1ccc(C)cc1. The van der Waals surface area contributed by atoms with Crippen LogP contribution in [0.5, 0.6) is 5.75 Å². The largest absolute Gasteiger partial charge is 0.496 e. The molecule has 0 spiro atoms. The molecule has 1 aromatic heterocycles. The van der Waals surface area contributed by atoms with Crippen molar-refractivity contribution in [3.8, 4) is 5.75 Å². The second kappa shape index (κ2) is 11.1. The van der Waals surface area contributed by atoms with Crippen molar-refractivity contribution in [2.75, 3.05) is 13.7 Å². The third-order valence-corrected chi connectivity index (χ3v) is 5.56. The fourth-order valence-electron chi connectivity index (χ4n) is 3.06. The quantitative estimate of drug-likeness (QED) is 0.382. The fraction of sp³-hybridized carbons (Fsp3) is 0.200. The summed E-state index contributed by atoms with van der Waals surface area (Å²) in [5.41, 5.74) is 2.90. The van der Waals surface area contributed by atoms with Crippen molar-refractivity contribution in [2.24, 2.45) is 0 Å². The van der Waals surface area contributed by atoms with Gasteiger partial charge in [0.05, 0.1) is 7.11 Å². The van der Waals surface area contributed by atoms with Crippen molar-refractivity contribution in [2.45, 2.75) is 19.8 Å². The molecule has 6 heteroatoms. The molecule has 2 N–H and O–H groups in total. The molecular formula is C25H26N2O3S. The number of hydrogen-bond donors (Lipinski definition) is 2. The number of methoxy groups -OCH3 is 1. The molecule has 0 unspecified atom stereocenters. The fourth-order valence-corrected chi connectivity index (χ4v) is 3.72. The normalized spacial score (nSPS) is 11.1. The van der Waals surface area contributed by atoms with Crippen LogP contribution in [-0.2, 0) is 11.2 Å². The zero-order chi connectivity index (χ0) is 22.1. The van der Waals surface area contributed by atoms with Gasteiger partial charge in [0.25, 0.3) is 11.8 Å². The Labute approximate surface area is 186 Å². The standard InChI is InChI=1S/C25H26N2O3S/c1-18-11-13-20(14-12-18)24(28)27-22(17-21-9-6-16-31-21)25(29)26-15-5-8-19-7-3-4-10-23(19)30-2/h3-4,6-7,9-14,16-17H,5,8,15H2,1-2H3,(H,26,29)(H,27,28)/b22-17-. The van der Waals surface area contributed by atoms with Gasteiger partial charge < -0.3 is 15.4 Å². The Morgan fingerprint density at radius 1 is 1.03 bits per heavy atom. The van der Waals surface area contributed by atoms with Gasteiger partial charge in [-0.1, -0.05) is 42.0 Å². The molecular weight excluding hydrogens is 408 g/mol. The first-order chi connectivity index (χ1) is 15.1. The maximum Gasteiger partial charge on any atom is 0.267 e. The first-order valence-corrected chi connectivity index (χ1v) is 11.0. The summed E-state index contributed by atoms with van der Waals surface area (Å²) in [5.74, 6) is 0.221. The van der Waals surface area contributed by atoms with Crippen molar-refractivity contribution < 1.29 is 14.3 Å². The smallest absolute Gasteiger partial charge is 0.267 e. The lowest BCUT2D eigenvalue weighted by Crippen LogP contribution is -2.35. The molecule has 0 saturated carbocycles. The molecule has 0 bridgehead atoms. The number of hydrogen-bond acceptors (Lipinski definition) is 4. The van der Waals surface area contributed by atoms with Gasteiger partial charge in [-0.15, -0.1) is 11.3 Å². The van der Waals surface area contributed by atoms with Crippen LogP contribution in [0.1, 0.15) is 32.8 Å². The topological polar surface area (TPSA) is 67.4 Å². The van der Waals surface area contributed by atoms with Gasteiger partial charge in [0.1, 0.15) is 11.4 Å². The van der Waals surface area contributed by atoms with Gasteiger partial charge in [0.2, 0.25) is 0 Å². The molecule has 31 heavy (non-hydrogen) atoms. The first-order valence-electron chi connectivity index (χ1n) is 10.1. The van der Waals surface area contributed by atoms with E-state index in [0.29, 0.717) is 12.1 Å². The van der Waals surface area contributed by atoms with E-state index in [1.807, 2.05) is 60.8 Å². The van der Waals surface area contributed by atoms with Crippen LogP contribution in [0, 0.1) is 6.92 Å². The highest BCUT2D eigenvalue weighted by Gasteiger charge is 2.15. The minimum Gasteiger partial charge on any atom is -0.496 e. The first kappa shape index (κ1) is 22.3. The zero-order valence-electron chi connectivity index (χ0n) is 17.7. The molecule has 0 radical (unpaired) electrons. The minimum atomic E-state index is -0.313. The van der Waals surface area contributed by atoms with E-state index in [-0.39, 0.29) is 17.5 Å². The van der Waals surface area contributed by atoms with Crippen LogP contribution in [0.25, 0.3) is 6.08 Å². The van der Waals surface area contributed by atoms with Crippen LogP contribution in [0.15, 0.2) is 71.7 Å². The van der Waals surface area contributed by atoms with E-state index in [9.17, 15) is 9.59 Å². The number of ether oxygens (including phenoxy) is 1. The molecule has 0 aliphatic rings. The highest BCUT2D eigenvalue weighted by Crippen LogP contribution is 2.18. The molecule has 5 nitrogen and oxygen atoms in total. The Bertz CT molecular complexity index is 1040. The summed E-state index contributed by atoms with van der Waals surface area (Å²) in [7, 11) is 1.65. The molecule has 3 aromatic rings. The van der Waals surface area contributed by atoms with Crippen molar-refractivity contribution >= 4 is 29.2 Å². The Morgan fingerprint density at radius 3 is 2.52 bits per heavy atom. The molecule has 0 aliphatic carbocycles. The summed E-state index contributed by atoms with van der Waals surface area (Å²) in [4.78, 5) is 26.3. The van der Waals surface area contributed by atoms with Crippen LogP contribution in [-0.4, -0.2) is 25.5 Å². The van der Waals surface area contributed by atoms with E-state index in [1.54, 1.807) is 25.3 Å². The van der Waals surface area contributed by atoms with Gasteiger partial charge in [-0.2, -0.15) is 0 Å². The highest BCUT2D eigenvalue weighted by atomic mass is 32.1. The van der Waals surface area contributed by atoms with Crippen molar-refractivity contribution in [3.63, 3.8) is 0 Å². The van der Waals surface area contributed by atoms with Gasteiger partial charge in [0.15, 0.2) is 0 Å². The zero-order valence-corrected chi connectivity index (χ0v) is 18.5. The van der Waals surface area contributed by atoms with Gasteiger partial charge in [-0.05, 0) is 61.1 Å². The number of rotatable bonds is 9. The number of aryl methyl sites for hydroxylation is 2. The summed E-state index contributed by atoms with van der Waals surface area (Å²) in [6.07, 6.45) is 3.24. The van der Waals surface area contributed by atoms with Crippen LogP contribution >= 0.6 is 11.3 Å². The molecule has 2 aromatic carbocycles. The average Bonchev–Trinajstić information content (AvgIpc) is 3.30. The van der Waals surface area contributed by atoms with Crippen LogP contribution in [0.4, 0.5) is 0 Å². The maximum atomic E-state index is 12.8. The maximum absolute atomic E-state index is 12.8. The van der Waals surface area contributed by atoms with E-state index < -0.39 is 0 Å². The lowest BCUT2D eigenvalue weighted by atomic mass is 10.1. The minimum absolute atomic E-state index is 0.227. The molecule has 3 rings (SSSR count). The lowest BCUT2D eigenvalue weighted by molar-refractivity contribution is -0.117. The number of thiophene rings is 1. The molecule has 0 atom stereocenters. The van der Waals surface area contributed by atoms with Crippen LogP contribution in [0.2, 0.25) is 0 Å². The Hall–Kier alpha value is -3.38. The Morgan fingerprint density at radius 2 is 1.81 bits per heavy atom. The van der Waals surface area contributed by atoms with Crippen molar-refractivity contribution in [1.82, 2.24) is 10.6 Å². The molecule has 0 fully saturated rings. The van der Waals surface area contributed by atoms with Crippen LogP contribution < -0.4 is 15.4 Å². The van der Waals surface area contributed by atoms with Crippen molar-refractivity contribution in [3.05, 3.63) is 93.3 Å². The Kier molecular flexibility index (Phi) is 8.01. The number of benzene rings is 2. The van der Waals surface area contributed by atoms with Gasteiger partial charge in [-0.3, -0.25) is 9.59 Å². The molecule has 160 valence electrons. The van der Waals surface area contributed by atoms with Crippen LogP contribution in [0.3, 0.4) is 0 Å². The number of carbonyl (C=O) groups is 2.